The van der Waals surface area contributed by atoms with Crippen molar-refractivity contribution in [2.24, 2.45) is 0 Å². The maximum Gasteiger partial charge on any atom is 0.500 e. The Labute approximate surface area is 187 Å². The Balaban J connectivity index is 3.29. The third-order valence-electron chi connectivity index (χ3n) is 7.31. The van der Waals surface area contributed by atoms with Gasteiger partial charge in [0.2, 0.25) is 0 Å². The van der Waals surface area contributed by atoms with E-state index < -0.39 is 33.8 Å². The van der Waals surface area contributed by atoms with Gasteiger partial charge in [0.05, 0.1) is 16.1 Å². The molecule has 0 aliphatic rings. The number of hydrogen-bond acceptors (Lipinski definition) is 6. The van der Waals surface area contributed by atoms with Gasteiger partial charge < -0.3 is 26.6 Å². The lowest BCUT2D eigenvalue weighted by Gasteiger charge is -2.40. The molecule has 6 nitrogen and oxygen atoms in total. The summed E-state index contributed by atoms with van der Waals surface area (Å²) in [6, 6.07) is 9.15. The molecule has 0 aliphatic heterocycles. The standard InChI is InChI=1S/C20H42O6Si4/c1-17(29(21-3,22-4)23-5)27(9,10)19-13-15-20(16-14-19)28(11,12)18(2)30(24-6,25-7)26-8/h13-18H,1-12H3. The molecule has 30 heavy (non-hydrogen) atoms. The van der Waals surface area contributed by atoms with Crippen LogP contribution in [0.4, 0.5) is 0 Å². The summed E-state index contributed by atoms with van der Waals surface area (Å²) in [5.41, 5.74) is 0. The van der Waals surface area contributed by atoms with E-state index in [4.69, 9.17) is 26.6 Å². The van der Waals surface area contributed by atoms with Crippen molar-refractivity contribution in [2.75, 3.05) is 42.7 Å². The van der Waals surface area contributed by atoms with Gasteiger partial charge in [-0.1, -0.05) is 74.7 Å². The van der Waals surface area contributed by atoms with Crippen LogP contribution in [-0.2, 0) is 26.6 Å². The fraction of sp³-hybridized carbons (Fsp3) is 0.700. The summed E-state index contributed by atoms with van der Waals surface area (Å²) in [6.45, 7) is 13.8. The molecule has 0 amide bonds. The van der Waals surface area contributed by atoms with Crippen molar-refractivity contribution >= 4 is 44.1 Å². The molecule has 0 radical (unpaired) electrons. The lowest BCUT2D eigenvalue weighted by atomic mass is 10.4. The molecular weight excluding hydrogens is 449 g/mol. The minimum absolute atomic E-state index is 0.218. The van der Waals surface area contributed by atoms with E-state index in [1.165, 1.54) is 10.4 Å². The highest BCUT2D eigenvalue weighted by Crippen LogP contribution is 2.34. The Morgan fingerprint density at radius 3 is 0.867 bits per heavy atom. The zero-order valence-corrected chi connectivity index (χ0v) is 24.9. The first-order valence-corrected chi connectivity index (χ1v) is 20.1. The third-order valence-corrected chi connectivity index (χ3v) is 27.3. The molecule has 0 saturated carbocycles. The second kappa shape index (κ2) is 10.6. The summed E-state index contributed by atoms with van der Waals surface area (Å²) in [4.78, 5) is 0. The zero-order chi connectivity index (χ0) is 23.4. The number of hydrogen-bond donors (Lipinski definition) is 0. The largest absolute Gasteiger partial charge is 0.500 e. The van der Waals surface area contributed by atoms with Crippen LogP contribution in [0.2, 0.25) is 36.5 Å². The number of benzene rings is 1. The van der Waals surface area contributed by atoms with Crippen LogP contribution < -0.4 is 10.4 Å². The predicted molar refractivity (Wildman–Crippen MR) is 133 cm³/mol. The van der Waals surface area contributed by atoms with E-state index in [0.29, 0.717) is 0 Å². The first kappa shape index (κ1) is 27.9. The molecule has 10 heteroatoms. The second-order valence-corrected chi connectivity index (χ2v) is 26.4. The van der Waals surface area contributed by atoms with Crippen LogP contribution in [0.15, 0.2) is 24.3 Å². The first-order chi connectivity index (χ1) is 13.9. The molecule has 0 saturated heterocycles. The maximum atomic E-state index is 5.79. The minimum atomic E-state index is -2.72. The van der Waals surface area contributed by atoms with Crippen molar-refractivity contribution < 1.29 is 26.6 Å². The molecule has 0 heterocycles. The average Bonchev–Trinajstić information content (AvgIpc) is 2.76. The highest BCUT2D eigenvalue weighted by molar-refractivity contribution is 7.01. The molecule has 1 aromatic rings. The van der Waals surface area contributed by atoms with Crippen molar-refractivity contribution in [1.29, 1.82) is 0 Å². The van der Waals surface area contributed by atoms with Gasteiger partial charge in [-0.3, -0.25) is 0 Å². The van der Waals surface area contributed by atoms with Gasteiger partial charge in [0.25, 0.3) is 0 Å². The van der Waals surface area contributed by atoms with E-state index in [1.807, 2.05) is 0 Å². The van der Waals surface area contributed by atoms with Gasteiger partial charge in [-0.25, -0.2) is 0 Å². The summed E-state index contributed by atoms with van der Waals surface area (Å²) in [6.07, 6.45) is 0. The van der Waals surface area contributed by atoms with E-state index in [2.05, 4.69) is 64.3 Å². The molecule has 0 aliphatic carbocycles. The van der Waals surface area contributed by atoms with Crippen molar-refractivity contribution in [3.05, 3.63) is 24.3 Å². The van der Waals surface area contributed by atoms with E-state index in [9.17, 15) is 0 Å². The van der Waals surface area contributed by atoms with Crippen LogP contribution in [0.3, 0.4) is 0 Å². The summed E-state index contributed by atoms with van der Waals surface area (Å²) in [5.74, 6) is 0. The quantitative estimate of drug-likeness (QED) is 0.420. The van der Waals surface area contributed by atoms with Gasteiger partial charge in [-0.15, -0.1) is 0 Å². The molecule has 0 spiro atoms. The van der Waals surface area contributed by atoms with E-state index >= 15 is 0 Å². The Bertz CT molecular complexity index is 586. The van der Waals surface area contributed by atoms with E-state index in [1.54, 1.807) is 42.7 Å². The van der Waals surface area contributed by atoms with Gasteiger partial charge in [-0.2, -0.15) is 0 Å². The van der Waals surface area contributed by atoms with Crippen molar-refractivity contribution in [1.82, 2.24) is 0 Å². The molecule has 1 rings (SSSR count). The van der Waals surface area contributed by atoms with Gasteiger partial charge in [-0.05, 0) is 0 Å². The highest BCUT2D eigenvalue weighted by atomic mass is 28.4. The van der Waals surface area contributed by atoms with Crippen LogP contribution in [0.1, 0.15) is 13.8 Å². The van der Waals surface area contributed by atoms with Gasteiger partial charge in [0.15, 0.2) is 0 Å². The van der Waals surface area contributed by atoms with E-state index in [0.717, 1.165) is 0 Å². The fourth-order valence-corrected chi connectivity index (χ4v) is 20.6. The normalized spacial score (nSPS) is 15.9. The van der Waals surface area contributed by atoms with Gasteiger partial charge in [0.1, 0.15) is 0 Å². The van der Waals surface area contributed by atoms with E-state index in [-0.39, 0.29) is 10.3 Å². The van der Waals surface area contributed by atoms with Crippen LogP contribution in [0.5, 0.6) is 0 Å². The van der Waals surface area contributed by atoms with Crippen molar-refractivity contribution in [3.8, 4) is 0 Å². The SMILES string of the molecule is CO[Si](OC)(OC)C(C)[Si](C)(C)c1ccc([Si](C)(C)C(C)[Si](OC)(OC)OC)cc1. The molecule has 1 aromatic carbocycles. The third kappa shape index (κ3) is 4.92. The zero-order valence-electron chi connectivity index (χ0n) is 20.9. The highest BCUT2D eigenvalue weighted by Gasteiger charge is 2.54. The summed E-state index contributed by atoms with van der Waals surface area (Å²) in [7, 11) is 0.882. The molecule has 2 unspecified atom stereocenters. The molecule has 2 atom stereocenters. The molecule has 0 N–H and O–H groups in total. The van der Waals surface area contributed by atoms with Crippen LogP contribution in [-0.4, -0.2) is 76.4 Å². The molecule has 0 aromatic heterocycles. The van der Waals surface area contributed by atoms with Crippen LogP contribution in [0, 0.1) is 0 Å². The summed E-state index contributed by atoms with van der Waals surface area (Å²) < 4.78 is 34.7. The molecular formula is C20H42O6Si4. The topological polar surface area (TPSA) is 55.4 Å². The fourth-order valence-electron chi connectivity index (χ4n) is 4.27. The Hall–Kier alpha value is -0.152. The average molecular weight is 491 g/mol. The molecule has 0 bridgehead atoms. The first-order valence-electron chi connectivity index (χ1n) is 10.3. The smallest absolute Gasteiger partial charge is 0.377 e. The van der Waals surface area contributed by atoms with Crippen molar-refractivity contribution in [3.63, 3.8) is 0 Å². The maximum absolute atomic E-state index is 5.79. The van der Waals surface area contributed by atoms with Gasteiger partial charge >= 0.3 is 17.6 Å². The number of rotatable bonds is 12. The van der Waals surface area contributed by atoms with Crippen molar-refractivity contribution in [2.45, 2.75) is 50.4 Å². The second-order valence-electron chi connectivity index (χ2n) is 8.90. The van der Waals surface area contributed by atoms with Crippen LogP contribution >= 0.6 is 0 Å². The summed E-state index contributed by atoms with van der Waals surface area (Å²) >= 11 is 0. The molecule has 0 fully saturated rings. The monoisotopic (exact) mass is 490 g/mol. The van der Waals surface area contributed by atoms with Gasteiger partial charge in [0, 0.05) is 53.0 Å². The lowest BCUT2D eigenvalue weighted by Crippen LogP contribution is -2.61. The molecule has 174 valence electrons. The Morgan fingerprint density at radius 1 is 0.500 bits per heavy atom. The Morgan fingerprint density at radius 2 is 0.700 bits per heavy atom. The predicted octanol–water partition coefficient (Wildman–Crippen LogP) is 3.13. The Kier molecular flexibility index (Phi) is 9.89. The minimum Gasteiger partial charge on any atom is -0.377 e. The van der Waals surface area contributed by atoms with Crippen LogP contribution in [0.25, 0.3) is 0 Å². The lowest BCUT2D eigenvalue weighted by molar-refractivity contribution is 0.120. The summed E-state index contributed by atoms with van der Waals surface area (Å²) in [5, 5.41) is 3.17.